The van der Waals surface area contributed by atoms with E-state index in [1.165, 1.54) is 38.4 Å². The van der Waals surface area contributed by atoms with E-state index in [4.69, 9.17) is 5.73 Å². The first-order valence-electron chi connectivity index (χ1n) is 6.42. The third-order valence-electron chi connectivity index (χ3n) is 3.47. The maximum absolute atomic E-state index is 5.49. The first-order chi connectivity index (χ1) is 8.24. The summed E-state index contributed by atoms with van der Waals surface area (Å²) in [5, 5.41) is 3.21. The van der Waals surface area contributed by atoms with Crippen molar-refractivity contribution in [1.82, 2.24) is 15.0 Å². The number of hydrogen-bond acceptors (Lipinski definition) is 5. The second-order valence-corrected chi connectivity index (χ2v) is 5.02. The summed E-state index contributed by atoms with van der Waals surface area (Å²) in [6, 6.07) is 0. The number of aromatic nitrogens is 3. The summed E-state index contributed by atoms with van der Waals surface area (Å²) in [7, 11) is 0. The molecule has 1 heterocycles. The van der Waals surface area contributed by atoms with Crippen LogP contribution >= 0.6 is 0 Å². The number of hydrogen-bond donors (Lipinski definition) is 2. The fraction of sp³-hybridized carbons (Fsp3) is 0.750. The van der Waals surface area contributed by atoms with Gasteiger partial charge in [0.15, 0.2) is 0 Å². The van der Waals surface area contributed by atoms with Crippen molar-refractivity contribution in [3.05, 3.63) is 6.33 Å². The van der Waals surface area contributed by atoms with E-state index in [9.17, 15) is 0 Å². The van der Waals surface area contributed by atoms with Crippen LogP contribution in [0.4, 0.5) is 11.9 Å². The Hall–Kier alpha value is -1.39. The maximum atomic E-state index is 5.49. The van der Waals surface area contributed by atoms with Gasteiger partial charge in [-0.2, -0.15) is 4.98 Å². The minimum atomic E-state index is 0.272. The molecule has 1 aromatic rings. The predicted molar refractivity (Wildman–Crippen MR) is 68.5 cm³/mol. The van der Waals surface area contributed by atoms with Crippen molar-refractivity contribution in [2.75, 3.05) is 17.6 Å². The van der Waals surface area contributed by atoms with Crippen molar-refractivity contribution in [1.29, 1.82) is 0 Å². The molecule has 0 saturated heterocycles. The third kappa shape index (κ3) is 3.84. The van der Waals surface area contributed by atoms with E-state index in [0.717, 1.165) is 18.4 Å². The Labute approximate surface area is 102 Å². The lowest BCUT2D eigenvalue weighted by atomic mass is 9.81. The molecule has 0 aromatic carbocycles. The molecule has 1 aliphatic carbocycles. The number of nitrogens with zero attached hydrogens (tertiary/aromatic N) is 3. The van der Waals surface area contributed by atoms with Crippen LogP contribution in [0.25, 0.3) is 0 Å². The fourth-order valence-electron chi connectivity index (χ4n) is 2.60. The average molecular weight is 235 g/mol. The van der Waals surface area contributed by atoms with Gasteiger partial charge < -0.3 is 11.1 Å². The lowest BCUT2D eigenvalue weighted by Crippen LogP contribution is -2.17. The number of nitrogens with one attached hydrogen (secondary N) is 1. The van der Waals surface area contributed by atoms with Crippen LogP contribution in [0.3, 0.4) is 0 Å². The van der Waals surface area contributed by atoms with Gasteiger partial charge in [-0.25, -0.2) is 9.97 Å². The van der Waals surface area contributed by atoms with E-state index in [-0.39, 0.29) is 5.95 Å². The van der Waals surface area contributed by atoms with Crippen LogP contribution < -0.4 is 11.1 Å². The lowest BCUT2D eigenvalue weighted by molar-refractivity contribution is 0.274. The Morgan fingerprint density at radius 2 is 2.29 bits per heavy atom. The quantitative estimate of drug-likeness (QED) is 0.835. The highest BCUT2D eigenvalue weighted by atomic mass is 15.2. The smallest absolute Gasteiger partial charge is 0.227 e. The molecule has 2 unspecified atom stereocenters. The molecule has 94 valence electrons. The molecule has 1 fully saturated rings. The average Bonchev–Trinajstić information content (AvgIpc) is 2.29. The van der Waals surface area contributed by atoms with Crippen molar-refractivity contribution in [2.45, 2.75) is 39.0 Å². The highest BCUT2D eigenvalue weighted by Gasteiger charge is 2.18. The van der Waals surface area contributed by atoms with Crippen molar-refractivity contribution in [2.24, 2.45) is 11.8 Å². The number of anilines is 2. The Bertz CT molecular complexity index is 355. The van der Waals surface area contributed by atoms with Gasteiger partial charge in [0.05, 0.1) is 0 Å². The van der Waals surface area contributed by atoms with Crippen molar-refractivity contribution < 1.29 is 0 Å². The van der Waals surface area contributed by atoms with Gasteiger partial charge in [-0.3, -0.25) is 0 Å². The molecule has 2 atom stereocenters. The largest absolute Gasteiger partial charge is 0.368 e. The number of nitrogen functional groups attached to an aromatic ring is 1. The van der Waals surface area contributed by atoms with E-state index in [0.29, 0.717) is 5.95 Å². The molecule has 0 bridgehead atoms. The van der Waals surface area contributed by atoms with Crippen LogP contribution in [0.15, 0.2) is 6.33 Å². The molecule has 0 amide bonds. The van der Waals surface area contributed by atoms with Crippen molar-refractivity contribution in [3.63, 3.8) is 0 Å². The van der Waals surface area contributed by atoms with Gasteiger partial charge in [0.1, 0.15) is 6.33 Å². The van der Waals surface area contributed by atoms with Crippen LogP contribution in [-0.4, -0.2) is 21.5 Å². The van der Waals surface area contributed by atoms with Gasteiger partial charge in [-0.05, 0) is 24.7 Å². The molecule has 1 saturated carbocycles. The molecule has 17 heavy (non-hydrogen) atoms. The molecular formula is C12H21N5. The van der Waals surface area contributed by atoms with Crippen molar-refractivity contribution in [3.8, 4) is 0 Å². The van der Waals surface area contributed by atoms with Gasteiger partial charge >= 0.3 is 0 Å². The maximum Gasteiger partial charge on any atom is 0.227 e. The first kappa shape index (κ1) is 12.1. The lowest BCUT2D eigenvalue weighted by Gasteiger charge is -2.26. The van der Waals surface area contributed by atoms with Crippen LogP contribution in [0.5, 0.6) is 0 Å². The summed E-state index contributed by atoms with van der Waals surface area (Å²) in [6.45, 7) is 3.27. The van der Waals surface area contributed by atoms with E-state index >= 15 is 0 Å². The van der Waals surface area contributed by atoms with E-state index < -0.39 is 0 Å². The summed E-state index contributed by atoms with van der Waals surface area (Å²) >= 11 is 0. The summed E-state index contributed by atoms with van der Waals surface area (Å²) in [6.07, 6.45) is 8.13. The molecule has 5 nitrogen and oxygen atoms in total. The molecular weight excluding hydrogens is 214 g/mol. The third-order valence-corrected chi connectivity index (χ3v) is 3.47. The Balaban J connectivity index is 1.72. The second-order valence-electron chi connectivity index (χ2n) is 5.02. The number of nitrogens with two attached hydrogens (primary N) is 1. The van der Waals surface area contributed by atoms with E-state index in [1.807, 2.05) is 0 Å². The van der Waals surface area contributed by atoms with Crippen LogP contribution in [0, 0.1) is 11.8 Å². The van der Waals surface area contributed by atoms with Gasteiger partial charge in [-0.1, -0.05) is 26.2 Å². The first-order valence-corrected chi connectivity index (χ1v) is 6.42. The Morgan fingerprint density at radius 3 is 3.06 bits per heavy atom. The topological polar surface area (TPSA) is 76.7 Å². The predicted octanol–water partition coefficient (Wildman–Crippen LogP) is 2.08. The van der Waals surface area contributed by atoms with Gasteiger partial charge in [0.2, 0.25) is 11.9 Å². The number of rotatable bonds is 4. The SMILES string of the molecule is CC1CCCC(CCNc2ncnc(N)n2)C1. The molecule has 0 aliphatic heterocycles. The normalized spacial score (nSPS) is 24.5. The Kier molecular flexibility index (Phi) is 4.12. The molecule has 1 aliphatic rings. The van der Waals surface area contributed by atoms with Crippen LogP contribution in [-0.2, 0) is 0 Å². The van der Waals surface area contributed by atoms with E-state index in [2.05, 4.69) is 27.2 Å². The van der Waals surface area contributed by atoms with Gasteiger partial charge in [0.25, 0.3) is 0 Å². The van der Waals surface area contributed by atoms with Crippen LogP contribution in [0.2, 0.25) is 0 Å². The standard InChI is InChI=1S/C12H21N5/c1-9-3-2-4-10(7-9)5-6-14-12-16-8-15-11(13)17-12/h8-10H,2-7H2,1H3,(H3,13,14,15,16,17). The van der Waals surface area contributed by atoms with Crippen molar-refractivity contribution >= 4 is 11.9 Å². The molecule has 0 spiro atoms. The van der Waals surface area contributed by atoms with E-state index in [1.54, 1.807) is 0 Å². The highest BCUT2D eigenvalue weighted by molar-refractivity contribution is 5.28. The summed E-state index contributed by atoms with van der Waals surface area (Å²) < 4.78 is 0. The van der Waals surface area contributed by atoms with Crippen LogP contribution in [0.1, 0.15) is 39.0 Å². The Morgan fingerprint density at radius 1 is 1.41 bits per heavy atom. The molecule has 2 rings (SSSR count). The molecule has 0 radical (unpaired) electrons. The summed E-state index contributed by atoms with van der Waals surface area (Å²) in [5.41, 5.74) is 5.49. The molecule has 3 N–H and O–H groups in total. The second kappa shape index (κ2) is 5.80. The minimum Gasteiger partial charge on any atom is -0.368 e. The zero-order valence-electron chi connectivity index (χ0n) is 10.4. The zero-order chi connectivity index (χ0) is 12.1. The van der Waals surface area contributed by atoms with Gasteiger partial charge in [0, 0.05) is 6.54 Å². The minimum absolute atomic E-state index is 0.272. The fourth-order valence-corrected chi connectivity index (χ4v) is 2.60. The monoisotopic (exact) mass is 235 g/mol. The summed E-state index contributed by atoms with van der Waals surface area (Å²) in [4.78, 5) is 11.8. The molecule has 1 aromatic heterocycles. The highest BCUT2D eigenvalue weighted by Crippen LogP contribution is 2.30. The summed E-state index contributed by atoms with van der Waals surface area (Å²) in [5.74, 6) is 2.60. The van der Waals surface area contributed by atoms with Gasteiger partial charge in [-0.15, -0.1) is 0 Å². The zero-order valence-corrected chi connectivity index (χ0v) is 10.4. The molecule has 5 heteroatoms.